The Bertz CT molecular complexity index is 834. The quantitative estimate of drug-likeness (QED) is 0.598. The second-order valence-corrected chi connectivity index (χ2v) is 8.63. The number of nitrogens with one attached hydrogen (secondary N) is 3. The molecule has 3 N–H and O–H groups in total. The lowest BCUT2D eigenvalue weighted by molar-refractivity contribution is -0.133. The SMILES string of the molecule is O=C1CCC(Nc2ccc(C(=O)N3CCN(CC4CCNCC4)CC3)c(F)c2)C(=O)N1. The van der Waals surface area contributed by atoms with Crippen LogP contribution in [0.2, 0.25) is 0 Å². The highest BCUT2D eigenvalue weighted by Gasteiger charge is 2.28. The molecule has 0 aromatic heterocycles. The maximum absolute atomic E-state index is 14.7. The van der Waals surface area contributed by atoms with Crippen molar-refractivity contribution in [3.63, 3.8) is 0 Å². The van der Waals surface area contributed by atoms with E-state index in [0.29, 0.717) is 31.1 Å². The van der Waals surface area contributed by atoms with E-state index < -0.39 is 17.8 Å². The minimum Gasteiger partial charge on any atom is -0.374 e. The van der Waals surface area contributed by atoms with Crippen LogP contribution in [0.1, 0.15) is 36.0 Å². The summed E-state index contributed by atoms with van der Waals surface area (Å²) in [6.45, 7) is 6.05. The molecule has 0 spiro atoms. The molecule has 0 bridgehead atoms. The molecule has 0 saturated carbocycles. The molecule has 3 amide bonds. The number of hydrogen-bond donors (Lipinski definition) is 3. The van der Waals surface area contributed by atoms with Gasteiger partial charge >= 0.3 is 0 Å². The Labute approximate surface area is 181 Å². The van der Waals surface area contributed by atoms with Crippen molar-refractivity contribution in [3.05, 3.63) is 29.6 Å². The predicted octanol–water partition coefficient (Wildman–Crippen LogP) is 0.800. The van der Waals surface area contributed by atoms with Crippen LogP contribution in [0.25, 0.3) is 0 Å². The number of carbonyl (C=O) groups is 3. The lowest BCUT2D eigenvalue weighted by Crippen LogP contribution is -2.50. The number of anilines is 1. The van der Waals surface area contributed by atoms with Crippen LogP contribution in [0, 0.1) is 11.7 Å². The number of halogens is 1. The van der Waals surface area contributed by atoms with Gasteiger partial charge in [-0.25, -0.2) is 4.39 Å². The summed E-state index contributed by atoms with van der Waals surface area (Å²) >= 11 is 0. The first-order chi connectivity index (χ1) is 15.0. The fourth-order valence-corrected chi connectivity index (χ4v) is 4.54. The highest BCUT2D eigenvalue weighted by molar-refractivity contribution is 6.01. The highest BCUT2D eigenvalue weighted by Crippen LogP contribution is 2.20. The van der Waals surface area contributed by atoms with Gasteiger partial charge < -0.3 is 15.5 Å². The van der Waals surface area contributed by atoms with Crippen molar-refractivity contribution < 1.29 is 18.8 Å². The molecular formula is C22H30FN5O3. The third kappa shape index (κ3) is 5.40. The second kappa shape index (κ2) is 9.74. The first-order valence-electron chi connectivity index (χ1n) is 11.1. The zero-order valence-corrected chi connectivity index (χ0v) is 17.7. The fraction of sp³-hybridized carbons (Fsp3) is 0.591. The Balaban J connectivity index is 1.30. The summed E-state index contributed by atoms with van der Waals surface area (Å²) in [5.41, 5.74) is 0.455. The third-order valence-electron chi connectivity index (χ3n) is 6.41. The van der Waals surface area contributed by atoms with E-state index in [-0.39, 0.29) is 23.8 Å². The number of amides is 3. The van der Waals surface area contributed by atoms with Crippen LogP contribution in [0.15, 0.2) is 18.2 Å². The van der Waals surface area contributed by atoms with Crippen LogP contribution in [-0.2, 0) is 9.59 Å². The van der Waals surface area contributed by atoms with Gasteiger partial charge in [0.1, 0.15) is 11.9 Å². The van der Waals surface area contributed by atoms with E-state index in [1.165, 1.54) is 25.0 Å². The Morgan fingerprint density at radius 2 is 1.84 bits per heavy atom. The first-order valence-corrected chi connectivity index (χ1v) is 11.1. The van der Waals surface area contributed by atoms with E-state index in [2.05, 4.69) is 20.9 Å². The Hall–Kier alpha value is -2.52. The molecular weight excluding hydrogens is 401 g/mol. The topological polar surface area (TPSA) is 93.8 Å². The zero-order valence-electron chi connectivity index (χ0n) is 17.7. The standard InChI is InChI=1S/C22H30FN5O3/c23-18-13-16(25-19-3-4-20(29)26-21(19)30)1-2-17(18)22(31)28-11-9-27(10-12-28)14-15-5-7-24-8-6-15/h1-2,13,15,19,24-25H,3-12,14H2,(H,26,29,30). The average molecular weight is 432 g/mol. The molecule has 1 aromatic rings. The maximum Gasteiger partial charge on any atom is 0.256 e. The van der Waals surface area contributed by atoms with Crippen LogP contribution < -0.4 is 16.0 Å². The smallest absolute Gasteiger partial charge is 0.256 e. The second-order valence-electron chi connectivity index (χ2n) is 8.63. The minimum absolute atomic E-state index is 0.0422. The molecule has 4 rings (SSSR count). The van der Waals surface area contributed by atoms with Crippen molar-refractivity contribution in [2.24, 2.45) is 5.92 Å². The average Bonchev–Trinajstić information content (AvgIpc) is 2.77. The lowest BCUT2D eigenvalue weighted by Gasteiger charge is -2.37. The number of hydrogen-bond acceptors (Lipinski definition) is 6. The maximum atomic E-state index is 14.7. The molecule has 0 radical (unpaired) electrons. The van der Waals surface area contributed by atoms with Crippen molar-refractivity contribution in [2.45, 2.75) is 31.7 Å². The molecule has 3 aliphatic rings. The number of carbonyl (C=O) groups excluding carboxylic acids is 3. The van der Waals surface area contributed by atoms with E-state index in [1.807, 2.05) is 0 Å². The number of piperidine rings is 2. The van der Waals surface area contributed by atoms with Crippen molar-refractivity contribution in [2.75, 3.05) is 51.1 Å². The molecule has 31 heavy (non-hydrogen) atoms. The molecule has 0 aliphatic carbocycles. The molecule has 1 atom stereocenters. The van der Waals surface area contributed by atoms with Crippen molar-refractivity contribution in [3.8, 4) is 0 Å². The van der Waals surface area contributed by atoms with Crippen molar-refractivity contribution in [1.29, 1.82) is 0 Å². The summed E-state index contributed by atoms with van der Waals surface area (Å²) in [6, 6.07) is 3.72. The number of piperazine rings is 1. The minimum atomic E-state index is -0.612. The van der Waals surface area contributed by atoms with Gasteiger partial charge in [-0.05, 0) is 56.5 Å². The van der Waals surface area contributed by atoms with Crippen LogP contribution in [0.5, 0.6) is 0 Å². The van der Waals surface area contributed by atoms with Gasteiger partial charge in [-0.15, -0.1) is 0 Å². The fourth-order valence-electron chi connectivity index (χ4n) is 4.54. The molecule has 3 heterocycles. The Kier molecular flexibility index (Phi) is 6.82. The summed E-state index contributed by atoms with van der Waals surface area (Å²) in [6.07, 6.45) is 2.99. The summed E-state index contributed by atoms with van der Waals surface area (Å²) in [5, 5.41) is 8.59. The van der Waals surface area contributed by atoms with Gasteiger partial charge in [0.05, 0.1) is 5.56 Å². The number of benzene rings is 1. The molecule has 3 fully saturated rings. The highest BCUT2D eigenvalue weighted by atomic mass is 19.1. The molecule has 3 saturated heterocycles. The zero-order chi connectivity index (χ0) is 21.8. The van der Waals surface area contributed by atoms with Crippen LogP contribution in [0.3, 0.4) is 0 Å². The summed E-state index contributed by atoms with van der Waals surface area (Å²) in [7, 11) is 0. The van der Waals surface area contributed by atoms with E-state index >= 15 is 0 Å². The van der Waals surface area contributed by atoms with Crippen LogP contribution in [0.4, 0.5) is 10.1 Å². The number of nitrogens with zero attached hydrogens (tertiary/aromatic N) is 2. The predicted molar refractivity (Wildman–Crippen MR) is 114 cm³/mol. The molecule has 168 valence electrons. The van der Waals surface area contributed by atoms with Gasteiger partial charge in [-0.1, -0.05) is 0 Å². The van der Waals surface area contributed by atoms with E-state index in [0.717, 1.165) is 32.7 Å². The largest absolute Gasteiger partial charge is 0.374 e. The summed E-state index contributed by atoms with van der Waals surface area (Å²) in [5.74, 6) is -0.915. The van der Waals surface area contributed by atoms with Crippen LogP contribution in [-0.4, -0.2) is 79.4 Å². The molecule has 1 unspecified atom stereocenters. The third-order valence-corrected chi connectivity index (χ3v) is 6.41. The van der Waals surface area contributed by atoms with E-state index in [1.54, 1.807) is 11.0 Å². The monoisotopic (exact) mass is 431 g/mol. The van der Waals surface area contributed by atoms with Crippen LogP contribution >= 0.6 is 0 Å². The normalized spacial score (nSPS) is 23.5. The number of imide groups is 1. The van der Waals surface area contributed by atoms with Gasteiger partial charge in [0.25, 0.3) is 5.91 Å². The lowest BCUT2D eigenvalue weighted by atomic mass is 9.97. The van der Waals surface area contributed by atoms with Gasteiger partial charge in [0.2, 0.25) is 11.8 Å². The Morgan fingerprint density at radius 3 is 2.52 bits per heavy atom. The van der Waals surface area contributed by atoms with Gasteiger partial charge in [-0.3, -0.25) is 24.6 Å². The van der Waals surface area contributed by atoms with Gasteiger partial charge in [0, 0.05) is 44.8 Å². The van der Waals surface area contributed by atoms with Gasteiger partial charge in [-0.2, -0.15) is 0 Å². The first kappa shape index (κ1) is 21.7. The molecule has 3 aliphatic heterocycles. The van der Waals surface area contributed by atoms with E-state index in [4.69, 9.17) is 0 Å². The van der Waals surface area contributed by atoms with E-state index in [9.17, 15) is 18.8 Å². The van der Waals surface area contributed by atoms with Crippen molar-refractivity contribution >= 4 is 23.4 Å². The summed E-state index contributed by atoms with van der Waals surface area (Å²) < 4.78 is 14.7. The van der Waals surface area contributed by atoms with Gasteiger partial charge in [0.15, 0.2) is 0 Å². The molecule has 8 nitrogen and oxygen atoms in total. The summed E-state index contributed by atoms with van der Waals surface area (Å²) in [4.78, 5) is 40.1. The van der Waals surface area contributed by atoms with Crippen molar-refractivity contribution in [1.82, 2.24) is 20.4 Å². The Morgan fingerprint density at radius 1 is 1.10 bits per heavy atom. The molecule has 9 heteroatoms. The molecule has 1 aromatic carbocycles. The number of rotatable bonds is 5.